The van der Waals surface area contributed by atoms with Crippen LogP contribution in [0.4, 0.5) is 26.3 Å². The number of carboxylic acids is 1. The quantitative estimate of drug-likeness (QED) is 0.443. The van der Waals surface area contributed by atoms with Crippen molar-refractivity contribution in [3.05, 3.63) is 58.8 Å². The number of hydrogen-bond acceptors (Lipinski definition) is 2. The summed E-state index contributed by atoms with van der Waals surface area (Å²) >= 11 is 0. The molecule has 0 bridgehead atoms. The number of nitrogens with one attached hydrogen (secondary N) is 1. The molecule has 1 aliphatic carbocycles. The number of benzene rings is 2. The van der Waals surface area contributed by atoms with E-state index in [1.54, 1.807) is 6.20 Å². The molecular formula is C21H15F6NO3. The van der Waals surface area contributed by atoms with E-state index < -0.39 is 47.2 Å². The number of fused-ring (bicyclic) bond motifs is 1. The summed E-state index contributed by atoms with van der Waals surface area (Å²) in [7, 11) is 0. The Kier molecular flexibility index (Phi) is 4.90. The van der Waals surface area contributed by atoms with Gasteiger partial charge in [0, 0.05) is 17.1 Å². The highest BCUT2D eigenvalue weighted by molar-refractivity contribution is 5.85. The van der Waals surface area contributed by atoms with Crippen molar-refractivity contribution in [2.24, 2.45) is 0 Å². The van der Waals surface area contributed by atoms with Crippen LogP contribution in [-0.4, -0.2) is 16.1 Å². The van der Waals surface area contributed by atoms with E-state index in [4.69, 9.17) is 9.84 Å². The second kappa shape index (κ2) is 7.21. The molecule has 1 fully saturated rings. The van der Waals surface area contributed by atoms with E-state index in [1.165, 1.54) is 18.2 Å². The number of aromatic amines is 1. The number of halogens is 6. The van der Waals surface area contributed by atoms with Crippen LogP contribution in [-0.2, 0) is 23.6 Å². The van der Waals surface area contributed by atoms with Crippen molar-refractivity contribution in [1.29, 1.82) is 0 Å². The molecule has 0 atom stereocenters. The van der Waals surface area contributed by atoms with E-state index >= 15 is 0 Å². The Bertz CT molecular complexity index is 1120. The van der Waals surface area contributed by atoms with Gasteiger partial charge in [-0.25, -0.2) is 0 Å². The lowest BCUT2D eigenvalue weighted by atomic mass is 10.0. The van der Waals surface area contributed by atoms with Gasteiger partial charge in [0.1, 0.15) is 5.75 Å². The largest absolute Gasteiger partial charge is 0.481 e. The van der Waals surface area contributed by atoms with Crippen LogP contribution in [0, 0.1) is 0 Å². The van der Waals surface area contributed by atoms with Crippen molar-refractivity contribution < 1.29 is 41.0 Å². The molecule has 4 nitrogen and oxygen atoms in total. The van der Waals surface area contributed by atoms with Crippen LogP contribution in [0.5, 0.6) is 11.5 Å². The van der Waals surface area contributed by atoms with Gasteiger partial charge in [0.05, 0.1) is 17.5 Å². The van der Waals surface area contributed by atoms with Gasteiger partial charge in [-0.05, 0) is 60.2 Å². The first-order chi connectivity index (χ1) is 14.4. The van der Waals surface area contributed by atoms with Gasteiger partial charge in [-0.1, -0.05) is 0 Å². The smallest absolute Gasteiger partial charge is 0.420 e. The molecule has 0 radical (unpaired) electrons. The standard InChI is InChI=1S/C21H15F6NO3/c22-20(23,24)15-5-10(7-18(29)30)6-16(21(25,26)27)19(15)31-12-3-4-17-13(8-12)14(9-28-17)11-1-2-11/h3-6,8-9,11,28H,1-2,7H2,(H,29,30). The third-order valence-electron chi connectivity index (χ3n) is 5.04. The summed E-state index contributed by atoms with van der Waals surface area (Å²) in [5, 5.41) is 9.49. The predicted molar refractivity (Wildman–Crippen MR) is 98.1 cm³/mol. The predicted octanol–water partition coefficient (Wildman–Crippen LogP) is 6.50. The van der Waals surface area contributed by atoms with Gasteiger partial charge < -0.3 is 14.8 Å². The Morgan fingerprint density at radius 3 is 2.16 bits per heavy atom. The average Bonchev–Trinajstić information content (AvgIpc) is 3.40. The Morgan fingerprint density at radius 2 is 1.65 bits per heavy atom. The van der Waals surface area contributed by atoms with E-state index in [0.29, 0.717) is 29.0 Å². The number of aromatic nitrogens is 1. The van der Waals surface area contributed by atoms with Gasteiger partial charge in [-0.3, -0.25) is 4.79 Å². The van der Waals surface area contributed by atoms with Gasteiger partial charge in [0.15, 0.2) is 5.75 Å². The van der Waals surface area contributed by atoms with Gasteiger partial charge in [-0.2, -0.15) is 26.3 Å². The van der Waals surface area contributed by atoms with Gasteiger partial charge in [0.25, 0.3) is 0 Å². The Labute approximate surface area is 171 Å². The Hall–Kier alpha value is -3.17. The fourth-order valence-corrected chi connectivity index (χ4v) is 3.53. The molecule has 1 heterocycles. The van der Waals surface area contributed by atoms with Crippen molar-refractivity contribution in [2.45, 2.75) is 37.5 Å². The summed E-state index contributed by atoms with van der Waals surface area (Å²) in [5.41, 5.74) is -2.37. The van der Waals surface area contributed by atoms with E-state index in [1.807, 2.05) is 0 Å². The molecule has 0 saturated heterocycles. The first kappa shape index (κ1) is 21.1. The van der Waals surface area contributed by atoms with Gasteiger partial charge in [0.2, 0.25) is 0 Å². The summed E-state index contributed by atoms with van der Waals surface area (Å²) in [5.74, 6) is -2.84. The zero-order valence-electron chi connectivity index (χ0n) is 15.7. The van der Waals surface area contributed by atoms with Crippen molar-refractivity contribution in [2.75, 3.05) is 0 Å². The van der Waals surface area contributed by atoms with Crippen LogP contribution in [0.3, 0.4) is 0 Å². The molecule has 4 rings (SSSR count). The zero-order valence-corrected chi connectivity index (χ0v) is 15.7. The number of carbonyl (C=O) groups is 1. The minimum absolute atomic E-state index is 0.184. The lowest BCUT2D eigenvalue weighted by molar-refractivity contribution is -0.145. The number of rotatable bonds is 5. The highest BCUT2D eigenvalue weighted by Gasteiger charge is 2.43. The molecule has 1 aliphatic rings. The Balaban J connectivity index is 1.85. The van der Waals surface area contributed by atoms with E-state index in [-0.39, 0.29) is 5.75 Å². The number of H-pyrrole nitrogens is 1. The minimum atomic E-state index is -5.19. The van der Waals surface area contributed by atoms with Crippen molar-refractivity contribution in [3.63, 3.8) is 0 Å². The summed E-state index contributed by atoms with van der Waals surface area (Å²) < 4.78 is 86.9. The highest BCUT2D eigenvalue weighted by Crippen LogP contribution is 2.48. The molecule has 0 unspecified atom stereocenters. The lowest BCUT2D eigenvalue weighted by Crippen LogP contribution is -2.16. The first-order valence-corrected chi connectivity index (χ1v) is 9.25. The third-order valence-corrected chi connectivity index (χ3v) is 5.04. The lowest BCUT2D eigenvalue weighted by Gasteiger charge is -2.20. The summed E-state index contributed by atoms with van der Waals surface area (Å²) in [4.78, 5) is 13.9. The molecule has 0 amide bonds. The molecule has 1 saturated carbocycles. The van der Waals surface area contributed by atoms with Crippen LogP contribution < -0.4 is 4.74 Å². The molecule has 2 N–H and O–H groups in total. The monoisotopic (exact) mass is 443 g/mol. The van der Waals surface area contributed by atoms with Crippen molar-refractivity contribution in [1.82, 2.24) is 4.98 Å². The molecule has 10 heteroatoms. The zero-order chi connectivity index (χ0) is 22.6. The number of carboxylic acid groups (broad SMARTS) is 1. The molecule has 2 aromatic carbocycles. The van der Waals surface area contributed by atoms with E-state index in [9.17, 15) is 31.1 Å². The average molecular weight is 443 g/mol. The molecule has 0 spiro atoms. The number of hydrogen-bond donors (Lipinski definition) is 2. The maximum atomic E-state index is 13.6. The molecule has 164 valence electrons. The summed E-state index contributed by atoms with van der Waals surface area (Å²) in [6.45, 7) is 0. The molecule has 31 heavy (non-hydrogen) atoms. The highest BCUT2D eigenvalue weighted by atomic mass is 19.4. The van der Waals surface area contributed by atoms with Crippen molar-refractivity contribution in [3.8, 4) is 11.5 Å². The first-order valence-electron chi connectivity index (χ1n) is 9.25. The van der Waals surface area contributed by atoms with Crippen LogP contribution >= 0.6 is 0 Å². The van der Waals surface area contributed by atoms with Gasteiger partial charge in [-0.15, -0.1) is 0 Å². The normalized spacial score (nSPS) is 14.8. The van der Waals surface area contributed by atoms with E-state index in [2.05, 4.69) is 4.98 Å². The molecular weight excluding hydrogens is 428 g/mol. The van der Waals surface area contributed by atoms with Crippen LogP contribution in [0.1, 0.15) is 41.0 Å². The fourth-order valence-electron chi connectivity index (χ4n) is 3.53. The van der Waals surface area contributed by atoms with Crippen molar-refractivity contribution >= 4 is 16.9 Å². The second-order valence-corrected chi connectivity index (χ2v) is 7.41. The minimum Gasteiger partial charge on any atom is -0.481 e. The number of alkyl halides is 6. The van der Waals surface area contributed by atoms with Crippen LogP contribution in [0.25, 0.3) is 10.9 Å². The topological polar surface area (TPSA) is 62.3 Å². The Morgan fingerprint density at radius 1 is 1.03 bits per heavy atom. The van der Waals surface area contributed by atoms with Crippen LogP contribution in [0.2, 0.25) is 0 Å². The number of aliphatic carboxylic acids is 1. The SMILES string of the molecule is O=C(O)Cc1cc(C(F)(F)F)c(Oc2ccc3[nH]cc(C4CC4)c3c2)c(C(F)(F)F)c1. The summed E-state index contributed by atoms with van der Waals surface area (Å²) in [6.07, 6.45) is -7.69. The second-order valence-electron chi connectivity index (χ2n) is 7.41. The maximum Gasteiger partial charge on any atom is 0.420 e. The van der Waals surface area contributed by atoms with Gasteiger partial charge >= 0.3 is 18.3 Å². The molecule has 0 aliphatic heterocycles. The maximum absolute atomic E-state index is 13.6. The molecule has 3 aromatic rings. The van der Waals surface area contributed by atoms with E-state index in [0.717, 1.165) is 18.4 Å². The summed E-state index contributed by atoms with van der Waals surface area (Å²) in [6, 6.07) is 4.97. The van der Waals surface area contributed by atoms with Crippen LogP contribution in [0.15, 0.2) is 36.5 Å². The third kappa shape index (κ3) is 4.33. The number of ether oxygens (including phenoxy) is 1. The fraction of sp³-hybridized carbons (Fsp3) is 0.286. The molecule has 1 aromatic heterocycles.